The standard InChI is InChI=1S/C20H20N6O/c27-19-8-17(26-4-3-21-12-26)1-2-18(19)20-23-11-16(24-25-20)7-13-5-14-9-22-10-15(14)6-13/h1-4,7-8,11-12,14-15,22,27H,5-6,9-10H2/b13-7-/t14-,15+/m1/s1. The molecule has 1 aliphatic carbocycles. The topological polar surface area (TPSA) is 88.8 Å². The number of hydrogen-bond acceptors (Lipinski definition) is 6. The average molecular weight is 360 g/mol. The fourth-order valence-corrected chi connectivity index (χ4v) is 4.10. The molecule has 3 aromatic rings. The Balaban J connectivity index is 1.36. The second-order valence-corrected chi connectivity index (χ2v) is 7.27. The minimum absolute atomic E-state index is 0.116. The number of hydrogen-bond donors (Lipinski definition) is 2. The number of benzene rings is 1. The highest BCUT2D eigenvalue weighted by Gasteiger charge is 2.33. The van der Waals surface area contributed by atoms with Crippen LogP contribution in [0.5, 0.6) is 5.75 Å². The van der Waals surface area contributed by atoms with Crippen LogP contribution in [0.4, 0.5) is 0 Å². The molecular formula is C20H20N6O. The monoisotopic (exact) mass is 360 g/mol. The van der Waals surface area contributed by atoms with Crippen molar-refractivity contribution in [3.63, 3.8) is 0 Å². The van der Waals surface area contributed by atoms with Gasteiger partial charge in [0.1, 0.15) is 11.4 Å². The number of nitrogens with zero attached hydrogens (tertiary/aromatic N) is 5. The number of phenols is 1. The molecule has 1 saturated carbocycles. The van der Waals surface area contributed by atoms with E-state index in [1.165, 1.54) is 5.57 Å². The largest absolute Gasteiger partial charge is 0.507 e. The highest BCUT2D eigenvalue weighted by molar-refractivity contribution is 5.66. The molecule has 0 radical (unpaired) electrons. The molecular weight excluding hydrogens is 340 g/mol. The second kappa shape index (κ2) is 6.59. The van der Waals surface area contributed by atoms with Crippen molar-refractivity contribution in [1.29, 1.82) is 0 Å². The van der Waals surface area contributed by atoms with Gasteiger partial charge in [-0.05, 0) is 56.0 Å². The van der Waals surface area contributed by atoms with Crippen LogP contribution in [0.15, 0.2) is 48.7 Å². The van der Waals surface area contributed by atoms with Crippen molar-refractivity contribution in [3.8, 4) is 22.8 Å². The lowest BCUT2D eigenvalue weighted by Crippen LogP contribution is -2.09. The lowest BCUT2D eigenvalue weighted by atomic mass is 10.0. The van der Waals surface area contributed by atoms with Crippen LogP contribution < -0.4 is 5.32 Å². The fourth-order valence-electron chi connectivity index (χ4n) is 4.10. The zero-order chi connectivity index (χ0) is 18.2. The van der Waals surface area contributed by atoms with Crippen molar-refractivity contribution < 1.29 is 5.11 Å². The molecule has 1 saturated heterocycles. The predicted octanol–water partition coefficient (Wildman–Crippen LogP) is 2.44. The summed E-state index contributed by atoms with van der Waals surface area (Å²) in [6, 6.07) is 5.36. The predicted molar refractivity (Wildman–Crippen MR) is 101 cm³/mol. The summed E-state index contributed by atoms with van der Waals surface area (Å²) in [7, 11) is 0. The Morgan fingerprint density at radius 1 is 1.15 bits per heavy atom. The summed E-state index contributed by atoms with van der Waals surface area (Å²) in [6.45, 7) is 2.25. The maximum Gasteiger partial charge on any atom is 0.185 e. The number of fused-ring (bicyclic) bond motifs is 1. The van der Waals surface area contributed by atoms with Gasteiger partial charge in [0, 0.05) is 18.5 Å². The average Bonchev–Trinajstić information content (AvgIpc) is 3.40. The van der Waals surface area contributed by atoms with Crippen LogP contribution in [-0.4, -0.2) is 42.9 Å². The van der Waals surface area contributed by atoms with Crippen LogP contribution in [-0.2, 0) is 0 Å². The quantitative estimate of drug-likeness (QED) is 0.746. The molecule has 3 heterocycles. The summed E-state index contributed by atoms with van der Waals surface area (Å²) in [5, 5.41) is 22.3. The van der Waals surface area contributed by atoms with Crippen molar-refractivity contribution in [1.82, 2.24) is 30.0 Å². The highest BCUT2D eigenvalue weighted by Crippen LogP contribution is 2.38. The number of aromatic hydroxyl groups is 1. The van der Waals surface area contributed by atoms with Crippen molar-refractivity contribution in [2.24, 2.45) is 11.8 Å². The summed E-state index contributed by atoms with van der Waals surface area (Å²) in [5.41, 5.74) is 3.59. The first kappa shape index (κ1) is 16.1. The van der Waals surface area contributed by atoms with Gasteiger partial charge >= 0.3 is 0 Å². The Bertz CT molecular complexity index is 966. The maximum atomic E-state index is 10.4. The lowest BCUT2D eigenvalue weighted by molar-refractivity contribution is 0.476. The molecule has 0 amide bonds. The summed E-state index contributed by atoms with van der Waals surface area (Å²) in [5.74, 6) is 2.06. The number of nitrogens with one attached hydrogen (secondary N) is 1. The molecule has 1 aliphatic heterocycles. The van der Waals surface area contributed by atoms with E-state index < -0.39 is 0 Å². The van der Waals surface area contributed by atoms with Crippen molar-refractivity contribution in [2.75, 3.05) is 13.1 Å². The van der Waals surface area contributed by atoms with E-state index in [4.69, 9.17) is 0 Å². The molecule has 0 bridgehead atoms. The molecule has 2 aliphatic rings. The first-order valence-electron chi connectivity index (χ1n) is 9.18. The van der Waals surface area contributed by atoms with Gasteiger partial charge in [-0.2, -0.15) is 0 Å². The molecule has 2 N–H and O–H groups in total. The SMILES string of the molecule is Oc1cc(-n2ccnc2)ccc1-c1ncc(/C=C2\C[C@H]3CNC[C@H]3C2)nn1. The number of rotatable bonds is 3. The number of phenolic OH excluding ortho intramolecular Hbond substituents is 1. The Morgan fingerprint density at radius 2 is 2.00 bits per heavy atom. The van der Waals surface area contributed by atoms with E-state index in [0.717, 1.165) is 49.1 Å². The number of aromatic nitrogens is 5. The molecule has 7 nitrogen and oxygen atoms in total. The van der Waals surface area contributed by atoms with Gasteiger partial charge in [0.25, 0.3) is 0 Å². The zero-order valence-corrected chi connectivity index (χ0v) is 14.8. The Labute approximate surface area is 156 Å². The van der Waals surface area contributed by atoms with Gasteiger partial charge in [-0.3, -0.25) is 0 Å². The fraction of sp³-hybridized carbons (Fsp3) is 0.300. The van der Waals surface area contributed by atoms with Gasteiger partial charge in [-0.1, -0.05) is 5.57 Å². The Morgan fingerprint density at radius 3 is 2.67 bits per heavy atom. The summed E-state index contributed by atoms with van der Waals surface area (Å²) in [6.07, 6.45) is 11.3. The smallest absolute Gasteiger partial charge is 0.185 e. The van der Waals surface area contributed by atoms with Gasteiger partial charge < -0.3 is 15.0 Å². The van der Waals surface area contributed by atoms with Gasteiger partial charge in [0.15, 0.2) is 5.82 Å². The molecule has 2 atom stereocenters. The van der Waals surface area contributed by atoms with Crippen molar-refractivity contribution in [3.05, 3.63) is 54.4 Å². The lowest BCUT2D eigenvalue weighted by Gasteiger charge is -2.07. The summed E-state index contributed by atoms with van der Waals surface area (Å²) < 4.78 is 1.82. The van der Waals surface area contributed by atoms with Crippen LogP contribution in [0.3, 0.4) is 0 Å². The van der Waals surface area contributed by atoms with Gasteiger partial charge in [-0.15, -0.1) is 10.2 Å². The molecule has 2 aromatic heterocycles. The maximum absolute atomic E-state index is 10.4. The number of allylic oxidation sites excluding steroid dienone is 1. The van der Waals surface area contributed by atoms with E-state index in [0.29, 0.717) is 11.4 Å². The van der Waals surface area contributed by atoms with E-state index in [-0.39, 0.29) is 5.75 Å². The molecule has 1 aromatic carbocycles. The molecule has 5 rings (SSSR count). The van der Waals surface area contributed by atoms with E-state index in [1.54, 1.807) is 30.9 Å². The molecule has 136 valence electrons. The molecule has 0 spiro atoms. The summed E-state index contributed by atoms with van der Waals surface area (Å²) in [4.78, 5) is 8.42. The van der Waals surface area contributed by atoms with Crippen LogP contribution in [0.25, 0.3) is 23.2 Å². The van der Waals surface area contributed by atoms with E-state index in [1.807, 2.05) is 16.8 Å². The van der Waals surface area contributed by atoms with E-state index >= 15 is 0 Å². The first-order chi connectivity index (χ1) is 13.3. The molecule has 0 unspecified atom stereocenters. The minimum Gasteiger partial charge on any atom is -0.507 e. The van der Waals surface area contributed by atoms with Crippen LogP contribution in [0, 0.1) is 11.8 Å². The normalized spacial score (nSPS) is 23.0. The second-order valence-electron chi connectivity index (χ2n) is 7.27. The minimum atomic E-state index is 0.116. The van der Waals surface area contributed by atoms with Crippen LogP contribution in [0.2, 0.25) is 0 Å². The molecule has 7 heteroatoms. The van der Waals surface area contributed by atoms with Crippen molar-refractivity contribution in [2.45, 2.75) is 12.8 Å². The Hall–Kier alpha value is -3.06. The number of imidazole rings is 1. The van der Waals surface area contributed by atoms with E-state index in [2.05, 4.69) is 31.6 Å². The van der Waals surface area contributed by atoms with Gasteiger partial charge in [0.05, 0.1) is 23.8 Å². The van der Waals surface area contributed by atoms with Gasteiger partial charge in [0.2, 0.25) is 0 Å². The first-order valence-corrected chi connectivity index (χ1v) is 9.18. The van der Waals surface area contributed by atoms with E-state index in [9.17, 15) is 5.11 Å². The third-order valence-corrected chi connectivity index (χ3v) is 5.48. The highest BCUT2D eigenvalue weighted by atomic mass is 16.3. The third kappa shape index (κ3) is 3.10. The van der Waals surface area contributed by atoms with Crippen LogP contribution in [0.1, 0.15) is 18.5 Å². The summed E-state index contributed by atoms with van der Waals surface area (Å²) >= 11 is 0. The third-order valence-electron chi connectivity index (χ3n) is 5.48. The van der Waals surface area contributed by atoms with Gasteiger partial charge in [-0.25, -0.2) is 9.97 Å². The zero-order valence-electron chi connectivity index (χ0n) is 14.8. The Kier molecular flexibility index (Phi) is 3.94. The van der Waals surface area contributed by atoms with Crippen molar-refractivity contribution >= 4 is 6.08 Å². The van der Waals surface area contributed by atoms with Crippen LogP contribution >= 0.6 is 0 Å². The molecule has 27 heavy (non-hydrogen) atoms. The molecule has 2 fully saturated rings.